The van der Waals surface area contributed by atoms with Crippen LogP contribution in [-0.4, -0.2) is 26.3 Å². The lowest BCUT2D eigenvalue weighted by atomic mass is 10.1. The molecule has 2 aromatic carbocycles. The summed E-state index contributed by atoms with van der Waals surface area (Å²) < 4.78 is 16.2. The summed E-state index contributed by atoms with van der Waals surface area (Å²) >= 11 is 5.99. The van der Waals surface area contributed by atoms with Gasteiger partial charge in [-0.2, -0.15) is 4.98 Å². The molecule has 3 N–H and O–H groups in total. The van der Waals surface area contributed by atoms with E-state index < -0.39 is 0 Å². The molecule has 0 saturated carbocycles. The van der Waals surface area contributed by atoms with Crippen molar-refractivity contribution in [3.63, 3.8) is 0 Å². The lowest BCUT2D eigenvalue weighted by molar-refractivity contribution is 0.631. The molecule has 0 aliphatic heterocycles. The van der Waals surface area contributed by atoms with Gasteiger partial charge in [-0.1, -0.05) is 37.6 Å². The second-order valence-electron chi connectivity index (χ2n) is 7.12. The number of fused-ring (bicyclic) bond motifs is 1. The number of hydrogen-bond acceptors (Lipinski definition) is 5. The molecule has 0 fully saturated rings. The van der Waals surface area contributed by atoms with Crippen LogP contribution in [0.3, 0.4) is 0 Å². The predicted octanol–water partition coefficient (Wildman–Crippen LogP) is 4.93. The molecule has 0 aliphatic rings. The number of hydrogen-bond donors (Lipinski definition) is 2. The first-order chi connectivity index (χ1) is 13.9. The number of anilines is 2. The first kappa shape index (κ1) is 19.1. The molecule has 0 spiro atoms. The van der Waals surface area contributed by atoms with E-state index in [2.05, 4.69) is 34.2 Å². The number of nitrogens with two attached hydrogens (primary N) is 1. The van der Waals surface area contributed by atoms with Crippen molar-refractivity contribution < 1.29 is 4.39 Å². The highest BCUT2D eigenvalue weighted by atomic mass is 35.5. The summed E-state index contributed by atoms with van der Waals surface area (Å²) in [6, 6.07) is 13.6. The summed E-state index contributed by atoms with van der Waals surface area (Å²) in [5.74, 6) is 0.713. The Labute approximate surface area is 172 Å². The third-order valence-electron chi connectivity index (χ3n) is 4.44. The van der Waals surface area contributed by atoms with Gasteiger partial charge in [-0.15, -0.1) is 5.10 Å². The maximum absolute atomic E-state index is 14.6. The van der Waals surface area contributed by atoms with Crippen LogP contribution in [-0.2, 0) is 0 Å². The highest BCUT2D eigenvalue weighted by molar-refractivity contribution is 6.30. The van der Waals surface area contributed by atoms with Gasteiger partial charge in [-0.05, 0) is 42.3 Å². The fraction of sp³-hybridized carbons (Fsp3) is 0.190. The average Bonchev–Trinajstić information content (AvgIpc) is 3.03. The van der Waals surface area contributed by atoms with E-state index in [9.17, 15) is 4.39 Å². The molecule has 4 rings (SSSR count). The van der Waals surface area contributed by atoms with Crippen LogP contribution in [0.2, 0.25) is 5.02 Å². The molecule has 0 unspecified atom stereocenters. The van der Waals surface area contributed by atoms with Gasteiger partial charge in [0.25, 0.3) is 0 Å². The van der Waals surface area contributed by atoms with E-state index in [1.165, 1.54) is 6.07 Å². The zero-order valence-electron chi connectivity index (χ0n) is 16.0. The van der Waals surface area contributed by atoms with Crippen LogP contribution in [0.1, 0.15) is 13.8 Å². The summed E-state index contributed by atoms with van der Waals surface area (Å²) in [6.45, 7) is 4.84. The van der Waals surface area contributed by atoms with Crippen molar-refractivity contribution in [2.45, 2.75) is 13.8 Å². The Morgan fingerprint density at radius 3 is 2.52 bits per heavy atom. The fourth-order valence-electron chi connectivity index (χ4n) is 3.01. The summed E-state index contributed by atoms with van der Waals surface area (Å²) in [6.07, 6.45) is 0. The zero-order chi connectivity index (χ0) is 20.5. The van der Waals surface area contributed by atoms with Gasteiger partial charge in [-0.25, -0.2) is 14.1 Å². The molecule has 0 saturated heterocycles. The Balaban J connectivity index is 1.95. The Morgan fingerprint density at radius 1 is 1.10 bits per heavy atom. The molecule has 0 aliphatic carbocycles. The Hall–Kier alpha value is -3.19. The van der Waals surface area contributed by atoms with Gasteiger partial charge in [0.1, 0.15) is 11.6 Å². The van der Waals surface area contributed by atoms with Crippen LogP contribution in [0.15, 0.2) is 48.5 Å². The van der Waals surface area contributed by atoms with Crippen molar-refractivity contribution in [2.75, 3.05) is 17.6 Å². The van der Waals surface area contributed by atoms with Crippen LogP contribution < -0.4 is 11.1 Å². The van der Waals surface area contributed by atoms with Gasteiger partial charge in [0.15, 0.2) is 5.65 Å². The Morgan fingerprint density at radius 2 is 1.83 bits per heavy atom. The van der Waals surface area contributed by atoms with Crippen molar-refractivity contribution in [3.05, 3.63) is 59.4 Å². The summed E-state index contributed by atoms with van der Waals surface area (Å²) in [4.78, 5) is 9.07. The largest absolute Gasteiger partial charge is 0.383 e. The quantitative estimate of drug-likeness (QED) is 0.487. The predicted molar refractivity (Wildman–Crippen MR) is 115 cm³/mol. The number of nitrogens with one attached hydrogen (secondary N) is 1. The normalized spacial score (nSPS) is 11.3. The van der Waals surface area contributed by atoms with Crippen molar-refractivity contribution in [2.24, 2.45) is 5.92 Å². The van der Waals surface area contributed by atoms with Gasteiger partial charge >= 0.3 is 0 Å². The topological polar surface area (TPSA) is 81.6 Å². The molecule has 2 aromatic heterocycles. The third kappa shape index (κ3) is 3.73. The molecule has 0 radical (unpaired) electrons. The number of nitrogen functional groups attached to an aromatic ring is 1. The molecule has 0 atom stereocenters. The van der Waals surface area contributed by atoms with Crippen molar-refractivity contribution in [1.29, 1.82) is 0 Å². The van der Waals surface area contributed by atoms with Crippen molar-refractivity contribution in [3.8, 4) is 16.9 Å². The lowest BCUT2D eigenvalue weighted by Crippen LogP contribution is -2.11. The van der Waals surface area contributed by atoms with E-state index in [1.54, 1.807) is 47.1 Å². The molecule has 2 heterocycles. The fourth-order valence-corrected chi connectivity index (χ4v) is 3.14. The molecule has 6 nitrogen and oxygen atoms in total. The minimum absolute atomic E-state index is 0.330. The monoisotopic (exact) mass is 410 g/mol. The minimum Gasteiger partial charge on any atom is -0.383 e. The summed E-state index contributed by atoms with van der Waals surface area (Å²) in [5, 5.41) is 8.85. The number of rotatable bonds is 5. The van der Waals surface area contributed by atoms with Gasteiger partial charge in [0, 0.05) is 17.1 Å². The van der Waals surface area contributed by atoms with Crippen LogP contribution in [0.25, 0.3) is 28.0 Å². The van der Waals surface area contributed by atoms with Crippen LogP contribution in [0.4, 0.5) is 16.2 Å². The van der Waals surface area contributed by atoms with Crippen molar-refractivity contribution >= 4 is 34.4 Å². The second kappa shape index (κ2) is 7.67. The van der Waals surface area contributed by atoms with Crippen molar-refractivity contribution in [1.82, 2.24) is 19.7 Å². The van der Waals surface area contributed by atoms with E-state index in [1.807, 2.05) is 0 Å². The van der Waals surface area contributed by atoms with Crippen LogP contribution in [0, 0.1) is 11.7 Å². The molecule has 29 heavy (non-hydrogen) atoms. The maximum Gasteiger partial charge on any atom is 0.225 e. The first-order valence-corrected chi connectivity index (χ1v) is 9.63. The smallest absolute Gasteiger partial charge is 0.225 e. The number of halogens is 2. The molecular formula is C21H20ClFN6. The average molecular weight is 411 g/mol. The zero-order valence-corrected chi connectivity index (χ0v) is 16.8. The van der Waals surface area contributed by atoms with Gasteiger partial charge in [0.05, 0.1) is 16.8 Å². The first-order valence-electron chi connectivity index (χ1n) is 9.25. The Kier molecular flexibility index (Phi) is 5.07. The second-order valence-corrected chi connectivity index (χ2v) is 7.56. The lowest BCUT2D eigenvalue weighted by Gasteiger charge is -2.10. The molecule has 0 amide bonds. The summed E-state index contributed by atoms with van der Waals surface area (Å²) in [5.41, 5.74) is 8.27. The number of benzene rings is 2. The van der Waals surface area contributed by atoms with E-state index in [-0.39, 0.29) is 5.82 Å². The van der Waals surface area contributed by atoms with Gasteiger partial charge in [0.2, 0.25) is 5.95 Å². The van der Waals surface area contributed by atoms with E-state index >= 15 is 0 Å². The Bertz CT molecular complexity index is 1170. The SMILES string of the molecule is CC(C)CNc1nc(-c2ccccc2F)c2c(N)n(-c3ccc(Cl)cc3)nc2n1. The molecule has 4 aromatic rings. The van der Waals surface area contributed by atoms with E-state index in [0.717, 1.165) is 5.69 Å². The van der Waals surface area contributed by atoms with E-state index in [4.69, 9.17) is 17.3 Å². The maximum atomic E-state index is 14.6. The molecule has 148 valence electrons. The van der Waals surface area contributed by atoms with Crippen LogP contribution in [0.5, 0.6) is 0 Å². The minimum atomic E-state index is -0.388. The highest BCUT2D eigenvalue weighted by Gasteiger charge is 2.21. The number of aromatic nitrogens is 4. The van der Waals surface area contributed by atoms with Gasteiger partial charge in [-0.3, -0.25) is 0 Å². The standard InChI is InChI=1S/C21H20ClFN6/c1-12(2)11-25-21-26-18(15-5-3-4-6-16(15)23)17-19(24)29(28-20(17)27-21)14-9-7-13(22)8-10-14/h3-10,12H,11,24H2,1-2H3,(H,25,27,28). The molecular weight excluding hydrogens is 391 g/mol. The van der Waals surface area contributed by atoms with Gasteiger partial charge < -0.3 is 11.1 Å². The van der Waals surface area contributed by atoms with E-state index in [0.29, 0.717) is 51.5 Å². The third-order valence-corrected chi connectivity index (χ3v) is 4.69. The number of nitrogens with zero attached hydrogens (tertiary/aromatic N) is 4. The molecule has 0 bridgehead atoms. The highest BCUT2D eigenvalue weighted by Crippen LogP contribution is 2.34. The van der Waals surface area contributed by atoms with Crippen LogP contribution >= 0.6 is 11.6 Å². The molecule has 8 heteroatoms. The summed E-state index contributed by atoms with van der Waals surface area (Å²) in [7, 11) is 0.